The minimum Gasteiger partial charge on any atom is -0.492 e. The van der Waals surface area contributed by atoms with Crippen molar-refractivity contribution in [3.63, 3.8) is 0 Å². The van der Waals surface area contributed by atoms with Gasteiger partial charge in [-0.2, -0.15) is 26.3 Å². The lowest BCUT2D eigenvalue weighted by Gasteiger charge is -2.48. The van der Waals surface area contributed by atoms with Crippen molar-refractivity contribution in [2.75, 3.05) is 24.6 Å². The van der Waals surface area contributed by atoms with Crippen LogP contribution in [0.3, 0.4) is 0 Å². The number of nitrogens with one attached hydrogen (secondary N) is 1. The summed E-state index contributed by atoms with van der Waals surface area (Å²) in [6.45, 7) is 2.56. The van der Waals surface area contributed by atoms with Gasteiger partial charge in [-0.05, 0) is 49.3 Å². The molecule has 2 aromatic rings. The van der Waals surface area contributed by atoms with Gasteiger partial charge in [0.15, 0.2) is 5.78 Å². The third-order valence-corrected chi connectivity index (χ3v) is 8.05. The Labute approximate surface area is 250 Å². The zero-order chi connectivity index (χ0) is 32.2. The number of ketones is 1. The predicted octanol–water partition coefficient (Wildman–Crippen LogP) is 5.61. The van der Waals surface area contributed by atoms with Gasteiger partial charge in [-0.1, -0.05) is 18.5 Å². The maximum atomic E-state index is 15.2. The first-order chi connectivity index (χ1) is 20.4. The minimum absolute atomic E-state index is 0.00292. The highest BCUT2D eigenvalue weighted by Crippen LogP contribution is 2.46. The van der Waals surface area contributed by atoms with E-state index in [2.05, 4.69) is 15.0 Å². The van der Waals surface area contributed by atoms with E-state index in [1.807, 2.05) is 6.92 Å². The summed E-state index contributed by atoms with van der Waals surface area (Å²) in [5.41, 5.74) is -1.19. The van der Waals surface area contributed by atoms with Gasteiger partial charge in [0.25, 0.3) is 0 Å². The highest BCUT2D eigenvalue weighted by molar-refractivity contribution is 6.31. The number of esters is 2. The molecule has 5 rings (SSSR count). The topological polar surface area (TPSA) is 97.8 Å². The molecule has 44 heavy (non-hydrogen) atoms. The molecule has 0 amide bonds. The Morgan fingerprint density at radius 3 is 2.32 bits per heavy atom. The van der Waals surface area contributed by atoms with Gasteiger partial charge in [-0.15, -0.1) is 0 Å². The van der Waals surface area contributed by atoms with Crippen LogP contribution in [0.5, 0.6) is 5.75 Å². The molecule has 238 valence electrons. The van der Waals surface area contributed by atoms with E-state index in [1.165, 1.54) is 6.07 Å². The summed E-state index contributed by atoms with van der Waals surface area (Å²) in [5, 5.41) is 2.02. The van der Waals surface area contributed by atoms with Crippen molar-refractivity contribution in [1.29, 1.82) is 0 Å². The molecule has 2 unspecified atom stereocenters. The summed E-state index contributed by atoms with van der Waals surface area (Å²) in [5.74, 6) is -5.44. The van der Waals surface area contributed by atoms with Crippen LogP contribution in [-0.2, 0) is 20.5 Å². The third-order valence-electron chi connectivity index (χ3n) is 7.75. The molecule has 2 atom stereocenters. The third kappa shape index (κ3) is 6.77. The maximum absolute atomic E-state index is 15.2. The van der Waals surface area contributed by atoms with Crippen LogP contribution in [-0.4, -0.2) is 60.7 Å². The summed E-state index contributed by atoms with van der Waals surface area (Å²) in [4.78, 5) is 41.7. The van der Waals surface area contributed by atoms with Gasteiger partial charge in [-0.3, -0.25) is 10.1 Å². The number of pyridine rings is 1. The average molecular weight is 652 g/mol. The van der Waals surface area contributed by atoms with Crippen LogP contribution < -0.4 is 15.0 Å². The Morgan fingerprint density at radius 2 is 1.70 bits per heavy atom. The van der Waals surface area contributed by atoms with E-state index in [0.717, 1.165) is 31.2 Å². The molecule has 1 aromatic carbocycles. The molecule has 1 saturated carbocycles. The number of benzene rings is 1. The minimum atomic E-state index is -5.36. The van der Waals surface area contributed by atoms with Crippen LogP contribution in [0.1, 0.15) is 60.0 Å². The van der Waals surface area contributed by atoms with Crippen molar-refractivity contribution in [1.82, 2.24) is 10.3 Å². The van der Waals surface area contributed by atoms with Crippen molar-refractivity contribution in [2.24, 2.45) is 5.41 Å². The van der Waals surface area contributed by atoms with Gasteiger partial charge in [-0.25, -0.2) is 19.0 Å². The standard InChI is InChI=1S/C28H25ClF7N3O5/c1-26(10-39(11-26)22-7-16(27(31,32)33)17(29)9-37-22)12-43-21-8-18(30)15(6-14(21)13-2-3-13)23(40)19-4-5-20(38-19)24(41)44-25(42)28(34,35)36/h6-9,13,19-20,38H,2-5,10-12H2,1H3. The Kier molecular flexibility index (Phi) is 8.33. The Balaban J connectivity index is 1.22. The number of hydrogen-bond acceptors (Lipinski definition) is 8. The molecule has 0 radical (unpaired) electrons. The van der Waals surface area contributed by atoms with Crippen molar-refractivity contribution in [3.8, 4) is 5.75 Å². The molecule has 2 aliphatic heterocycles. The molecule has 1 aromatic heterocycles. The summed E-state index contributed by atoms with van der Waals surface area (Å²) < 4.78 is 102. The molecule has 2 saturated heterocycles. The second kappa shape index (κ2) is 11.5. The summed E-state index contributed by atoms with van der Waals surface area (Å²) >= 11 is 5.65. The van der Waals surface area contributed by atoms with Crippen LogP contribution in [0.4, 0.5) is 36.6 Å². The molecule has 3 heterocycles. The largest absolute Gasteiger partial charge is 0.492 e. The van der Waals surface area contributed by atoms with Gasteiger partial charge < -0.3 is 14.4 Å². The van der Waals surface area contributed by atoms with Crippen LogP contribution in [0.25, 0.3) is 0 Å². The zero-order valence-electron chi connectivity index (χ0n) is 23.0. The predicted molar refractivity (Wildman–Crippen MR) is 140 cm³/mol. The number of anilines is 1. The van der Waals surface area contributed by atoms with Crippen LogP contribution in [0.15, 0.2) is 24.4 Å². The van der Waals surface area contributed by atoms with E-state index in [1.54, 1.807) is 4.90 Å². The van der Waals surface area contributed by atoms with E-state index in [-0.39, 0.29) is 42.5 Å². The van der Waals surface area contributed by atoms with E-state index in [4.69, 9.17) is 16.3 Å². The normalized spacial score (nSPS) is 21.5. The second-order valence-corrected chi connectivity index (χ2v) is 11.9. The SMILES string of the molecule is CC1(COc2cc(F)c(C(=O)C3CCC(C(=O)OC(=O)C(F)(F)F)N3)cc2C2CC2)CN(c2cc(C(F)(F)F)c(Cl)cn2)C1. The number of aromatic nitrogens is 1. The van der Waals surface area contributed by atoms with Crippen molar-refractivity contribution in [3.05, 3.63) is 51.9 Å². The van der Waals surface area contributed by atoms with Crippen LogP contribution >= 0.6 is 11.6 Å². The van der Waals surface area contributed by atoms with Gasteiger partial charge in [0.05, 0.1) is 28.8 Å². The molecular formula is C28H25ClF7N3O5. The van der Waals surface area contributed by atoms with Gasteiger partial charge in [0.1, 0.15) is 23.4 Å². The second-order valence-electron chi connectivity index (χ2n) is 11.5. The Bertz CT molecular complexity index is 1490. The van der Waals surface area contributed by atoms with Crippen molar-refractivity contribution < 1.29 is 54.6 Å². The quantitative estimate of drug-likeness (QED) is 0.170. The maximum Gasteiger partial charge on any atom is 0.491 e. The summed E-state index contributed by atoms with van der Waals surface area (Å²) in [6.07, 6.45) is -7.61. The number of hydrogen-bond donors (Lipinski definition) is 1. The fourth-order valence-corrected chi connectivity index (χ4v) is 5.55. The number of Topliss-reactive ketones (excluding diaryl/α,β-unsaturated/α-hetero) is 1. The van der Waals surface area contributed by atoms with Gasteiger partial charge in [0, 0.05) is 30.8 Å². The number of nitrogens with zero attached hydrogens (tertiary/aromatic N) is 2. The number of carbonyl (C=O) groups is 3. The van der Waals surface area contributed by atoms with E-state index < -0.39 is 64.0 Å². The van der Waals surface area contributed by atoms with Gasteiger partial charge >= 0.3 is 24.3 Å². The number of halogens is 8. The first kappa shape index (κ1) is 31.9. The number of rotatable bonds is 8. The Hall–Kier alpha value is -3.46. The molecule has 1 N–H and O–H groups in total. The van der Waals surface area contributed by atoms with E-state index in [0.29, 0.717) is 18.7 Å². The highest BCUT2D eigenvalue weighted by atomic mass is 35.5. The molecule has 0 spiro atoms. The Morgan fingerprint density at radius 1 is 1.05 bits per heavy atom. The van der Waals surface area contributed by atoms with E-state index >= 15 is 4.39 Å². The summed E-state index contributed by atoms with van der Waals surface area (Å²) in [6, 6.07) is 0.887. The van der Waals surface area contributed by atoms with Crippen LogP contribution in [0, 0.1) is 11.2 Å². The molecular weight excluding hydrogens is 627 g/mol. The molecule has 3 fully saturated rings. The lowest BCUT2D eigenvalue weighted by atomic mass is 9.82. The van der Waals surface area contributed by atoms with Gasteiger partial charge in [0.2, 0.25) is 0 Å². The summed E-state index contributed by atoms with van der Waals surface area (Å²) in [7, 11) is 0. The average Bonchev–Trinajstić information content (AvgIpc) is 3.64. The van der Waals surface area contributed by atoms with Crippen LogP contribution in [0.2, 0.25) is 5.02 Å². The fraction of sp³-hybridized carbons (Fsp3) is 0.500. The first-order valence-electron chi connectivity index (χ1n) is 13.5. The zero-order valence-corrected chi connectivity index (χ0v) is 23.7. The molecule has 16 heteroatoms. The first-order valence-corrected chi connectivity index (χ1v) is 13.9. The van der Waals surface area contributed by atoms with E-state index in [9.17, 15) is 40.7 Å². The molecule has 0 bridgehead atoms. The number of alkyl halides is 6. The monoisotopic (exact) mass is 651 g/mol. The smallest absolute Gasteiger partial charge is 0.491 e. The van der Waals surface area contributed by atoms with Crippen molar-refractivity contribution in [2.45, 2.75) is 63.0 Å². The fourth-order valence-electron chi connectivity index (χ4n) is 5.34. The number of ether oxygens (including phenoxy) is 2. The molecule has 1 aliphatic carbocycles. The van der Waals surface area contributed by atoms with Crippen molar-refractivity contribution >= 4 is 35.1 Å². The molecule has 8 nitrogen and oxygen atoms in total. The number of carbonyl (C=O) groups excluding carboxylic acids is 3. The molecule has 3 aliphatic rings. The lowest BCUT2D eigenvalue weighted by Crippen LogP contribution is -2.58. The lowest BCUT2D eigenvalue weighted by molar-refractivity contribution is -0.202. The highest BCUT2D eigenvalue weighted by Gasteiger charge is 2.45.